The summed E-state index contributed by atoms with van der Waals surface area (Å²) in [6.45, 7) is 5.82. The van der Waals surface area contributed by atoms with Crippen LogP contribution in [0.25, 0.3) is 6.08 Å². The molecular weight excluding hydrogens is 342 g/mol. The van der Waals surface area contributed by atoms with Crippen LogP contribution in [0.2, 0.25) is 5.02 Å². The van der Waals surface area contributed by atoms with Crippen LogP contribution in [0.3, 0.4) is 0 Å². The summed E-state index contributed by atoms with van der Waals surface area (Å²) < 4.78 is 11.0. The maximum Gasteiger partial charge on any atom is 0.237 e. The first-order valence-corrected chi connectivity index (χ1v) is 8.23. The molecule has 1 amide bonds. The van der Waals surface area contributed by atoms with Gasteiger partial charge in [-0.05, 0) is 32.1 Å². The summed E-state index contributed by atoms with van der Waals surface area (Å²) in [4.78, 5) is 19.4. The molecule has 0 aliphatic heterocycles. The minimum absolute atomic E-state index is 0.0841. The Kier molecular flexibility index (Phi) is 6.77. The molecule has 0 spiro atoms. The SMILES string of the molecule is CCOc1ccc(Oc2cnc(/C=C/[C@H](C)NC(C)=O)cn2)c(Cl)c1. The van der Waals surface area contributed by atoms with E-state index in [2.05, 4.69) is 15.3 Å². The van der Waals surface area contributed by atoms with Gasteiger partial charge in [-0.2, -0.15) is 0 Å². The highest BCUT2D eigenvalue weighted by Crippen LogP contribution is 2.31. The lowest BCUT2D eigenvalue weighted by Gasteiger charge is -2.09. The number of carbonyl (C=O) groups is 1. The third-order valence-electron chi connectivity index (χ3n) is 3.06. The summed E-state index contributed by atoms with van der Waals surface area (Å²) in [5, 5.41) is 3.18. The van der Waals surface area contributed by atoms with Crippen LogP contribution in [0.1, 0.15) is 26.5 Å². The van der Waals surface area contributed by atoms with Crippen LogP contribution in [-0.4, -0.2) is 28.5 Å². The number of carbonyl (C=O) groups excluding carboxylic acids is 1. The number of rotatable bonds is 7. The van der Waals surface area contributed by atoms with E-state index in [1.807, 2.05) is 19.9 Å². The largest absolute Gasteiger partial charge is 0.494 e. The van der Waals surface area contributed by atoms with Gasteiger partial charge in [-0.15, -0.1) is 0 Å². The van der Waals surface area contributed by atoms with E-state index < -0.39 is 0 Å². The van der Waals surface area contributed by atoms with Crippen molar-refractivity contribution in [2.24, 2.45) is 0 Å². The first kappa shape index (κ1) is 18.7. The zero-order chi connectivity index (χ0) is 18.2. The van der Waals surface area contributed by atoms with Crippen LogP contribution in [-0.2, 0) is 4.79 Å². The number of hydrogen-bond donors (Lipinski definition) is 1. The normalized spacial score (nSPS) is 12.0. The molecular formula is C18H20ClN3O3. The predicted octanol–water partition coefficient (Wildman–Crippen LogP) is 3.86. The number of ether oxygens (including phenoxy) is 2. The zero-order valence-corrected chi connectivity index (χ0v) is 15.1. The number of aromatic nitrogens is 2. The molecule has 0 bridgehead atoms. The molecule has 0 saturated carbocycles. The Morgan fingerprint density at radius 3 is 2.76 bits per heavy atom. The minimum Gasteiger partial charge on any atom is -0.494 e. The molecule has 1 N–H and O–H groups in total. The fourth-order valence-electron chi connectivity index (χ4n) is 2.01. The molecule has 2 aromatic rings. The average Bonchev–Trinajstić information content (AvgIpc) is 2.56. The lowest BCUT2D eigenvalue weighted by molar-refractivity contribution is -0.119. The third-order valence-corrected chi connectivity index (χ3v) is 3.36. The quantitative estimate of drug-likeness (QED) is 0.810. The van der Waals surface area contributed by atoms with E-state index in [4.69, 9.17) is 21.1 Å². The van der Waals surface area contributed by atoms with Gasteiger partial charge in [0.15, 0.2) is 0 Å². The number of halogens is 1. The van der Waals surface area contributed by atoms with Crippen LogP contribution in [0.15, 0.2) is 36.7 Å². The Labute approximate surface area is 151 Å². The molecule has 0 radical (unpaired) electrons. The smallest absolute Gasteiger partial charge is 0.237 e. The monoisotopic (exact) mass is 361 g/mol. The van der Waals surface area contributed by atoms with Gasteiger partial charge in [-0.3, -0.25) is 4.79 Å². The third kappa shape index (κ3) is 6.08. The van der Waals surface area contributed by atoms with Gasteiger partial charge < -0.3 is 14.8 Å². The van der Waals surface area contributed by atoms with E-state index in [-0.39, 0.29) is 11.9 Å². The Hall–Kier alpha value is -2.60. The van der Waals surface area contributed by atoms with Gasteiger partial charge in [-0.25, -0.2) is 9.97 Å². The molecule has 0 unspecified atom stereocenters. The molecule has 1 heterocycles. The van der Waals surface area contributed by atoms with Crippen LogP contribution < -0.4 is 14.8 Å². The number of benzene rings is 1. The van der Waals surface area contributed by atoms with Gasteiger partial charge in [0, 0.05) is 19.0 Å². The van der Waals surface area contributed by atoms with E-state index in [9.17, 15) is 4.79 Å². The summed E-state index contributed by atoms with van der Waals surface area (Å²) in [5.41, 5.74) is 0.655. The first-order valence-electron chi connectivity index (χ1n) is 7.85. The number of amides is 1. The highest BCUT2D eigenvalue weighted by molar-refractivity contribution is 6.32. The average molecular weight is 362 g/mol. The van der Waals surface area contributed by atoms with Crippen molar-refractivity contribution < 1.29 is 14.3 Å². The van der Waals surface area contributed by atoms with E-state index in [1.54, 1.807) is 30.5 Å². The highest BCUT2D eigenvalue weighted by Gasteiger charge is 2.06. The molecule has 0 saturated heterocycles. The van der Waals surface area contributed by atoms with Gasteiger partial charge in [0.1, 0.15) is 11.5 Å². The minimum atomic E-state index is -0.0853. The van der Waals surface area contributed by atoms with Gasteiger partial charge >= 0.3 is 0 Å². The van der Waals surface area contributed by atoms with Crippen molar-refractivity contribution in [3.8, 4) is 17.4 Å². The van der Waals surface area contributed by atoms with E-state index in [1.165, 1.54) is 13.1 Å². The first-order chi connectivity index (χ1) is 12.0. The van der Waals surface area contributed by atoms with Crippen LogP contribution in [0.4, 0.5) is 0 Å². The van der Waals surface area contributed by atoms with E-state index in [0.29, 0.717) is 34.7 Å². The van der Waals surface area contributed by atoms with Crippen LogP contribution >= 0.6 is 11.6 Å². The molecule has 132 valence electrons. The maximum absolute atomic E-state index is 11.0. The Morgan fingerprint density at radius 2 is 2.16 bits per heavy atom. The fraction of sp³-hybridized carbons (Fsp3) is 0.278. The molecule has 7 heteroatoms. The predicted molar refractivity (Wildman–Crippen MR) is 97.0 cm³/mol. The van der Waals surface area contributed by atoms with Crippen molar-refractivity contribution >= 4 is 23.6 Å². The molecule has 0 aliphatic carbocycles. The summed E-state index contributed by atoms with van der Waals surface area (Å²) in [5.74, 6) is 1.40. The molecule has 0 fully saturated rings. The second-order valence-electron chi connectivity index (χ2n) is 5.26. The number of nitrogens with zero attached hydrogens (tertiary/aromatic N) is 2. The molecule has 6 nitrogen and oxygen atoms in total. The van der Waals surface area contributed by atoms with Crippen molar-refractivity contribution in [1.82, 2.24) is 15.3 Å². The Balaban J connectivity index is 2.00. The summed E-state index contributed by atoms with van der Waals surface area (Å²) in [6.07, 6.45) is 6.70. The van der Waals surface area contributed by atoms with E-state index in [0.717, 1.165) is 0 Å². The Bertz CT molecular complexity index is 748. The van der Waals surface area contributed by atoms with Crippen molar-refractivity contribution in [3.63, 3.8) is 0 Å². The molecule has 1 aromatic carbocycles. The topological polar surface area (TPSA) is 73.3 Å². The zero-order valence-electron chi connectivity index (χ0n) is 14.3. The standard InChI is InChI=1S/C18H20ClN3O3/c1-4-24-15-7-8-17(16(19)9-15)25-18-11-20-14(10-21-18)6-5-12(2)22-13(3)23/h5-12H,4H2,1-3H3,(H,22,23)/b6-5+/t12-/m0/s1. The van der Waals surface area contributed by atoms with Crippen LogP contribution in [0, 0.1) is 0 Å². The number of nitrogens with one attached hydrogen (secondary N) is 1. The van der Waals surface area contributed by atoms with Crippen LogP contribution in [0.5, 0.6) is 17.4 Å². The molecule has 25 heavy (non-hydrogen) atoms. The molecule has 2 rings (SSSR count). The van der Waals surface area contributed by atoms with Crippen molar-refractivity contribution in [1.29, 1.82) is 0 Å². The molecule has 1 atom stereocenters. The second-order valence-corrected chi connectivity index (χ2v) is 5.66. The van der Waals surface area contributed by atoms with Gasteiger partial charge in [0.05, 0.1) is 29.7 Å². The van der Waals surface area contributed by atoms with Crippen molar-refractivity contribution in [2.75, 3.05) is 6.61 Å². The maximum atomic E-state index is 11.0. The second kappa shape index (κ2) is 9.03. The summed E-state index contributed by atoms with van der Waals surface area (Å²) in [6, 6.07) is 5.10. The summed E-state index contributed by atoms with van der Waals surface area (Å²) in [7, 11) is 0. The summed E-state index contributed by atoms with van der Waals surface area (Å²) >= 11 is 6.17. The van der Waals surface area contributed by atoms with E-state index >= 15 is 0 Å². The lowest BCUT2D eigenvalue weighted by Crippen LogP contribution is -2.28. The van der Waals surface area contributed by atoms with Gasteiger partial charge in [-0.1, -0.05) is 17.7 Å². The lowest BCUT2D eigenvalue weighted by atomic mass is 10.2. The fourth-order valence-corrected chi connectivity index (χ4v) is 2.22. The van der Waals surface area contributed by atoms with Gasteiger partial charge in [0.25, 0.3) is 0 Å². The number of hydrogen-bond acceptors (Lipinski definition) is 5. The van der Waals surface area contributed by atoms with Gasteiger partial charge in [0.2, 0.25) is 11.8 Å². The molecule has 0 aliphatic rings. The highest BCUT2D eigenvalue weighted by atomic mass is 35.5. The Morgan fingerprint density at radius 1 is 1.36 bits per heavy atom. The van der Waals surface area contributed by atoms with Crippen molar-refractivity contribution in [3.05, 3.63) is 47.4 Å². The van der Waals surface area contributed by atoms with Crippen molar-refractivity contribution in [2.45, 2.75) is 26.8 Å². The molecule has 1 aromatic heterocycles.